The summed E-state index contributed by atoms with van der Waals surface area (Å²) in [7, 11) is 0. The molecule has 0 amide bonds. The van der Waals surface area contributed by atoms with Crippen LogP contribution in [0.1, 0.15) is 19.3 Å². The highest BCUT2D eigenvalue weighted by atomic mass is 35.5. The first-order valence-corrected chi connectivity index (χ1v) is 6.64. The first-order valence-electron chi connectivity index (χ1n) is 6.27. The molecule has 3 rings (SSSR count). The van der Waals surface area contributed by atoms with Crippen molar-refractivity contribution in [2.24, 2.45) is 5.73 Å². The number of rotatable bonds is 3. The van der Waals surface area contributed by atoms with Crippen LogP contribution in [-0.2, 0) is 0 Å². The lowest BCUT2D eigenvalue weighted by Crippen LogP contribution is -2.21. The Kier molecular flexibility index (Phi) is 3.35. The number of H-pyrrole nitrogens is 1. The lowest BCUT2D eigenvalue weighted by molar-refractivity contribution is 0.685. The van der Waals surface area contributed by atoms with E-state index in [1.807, 2.05) is 6.07 Å². The summed E-state index contributed by atoms with van der Waals surface area (Å²) in [5.41, 5.74) is 7.32. The number of aromatic nitrogens is 4. The molecule has 6 nitrogen and oxygen atoms in total. The van der Waals surface area contributed by atoms with E-state index in [-0.39, 0.29) is 6.04 Å². The highest BCUT2D eigenvalue weighted by Crippen LogP contribution is 2.25. The molecule has 2 heterocycles. The molecule has 1 unspecified atom stereocenters. The topological polar surface area (TPSA) is 92.5 Å². The van der Waals surface area contributed by atoms with Crippen molar-refractivity contribution in [3.8, 4) is 11.4 Å². The summed E-state index contributed by atoms with van der Waals surface area (Å²) in [6, 6.07) is 2.44. The molecule has 0 bridgehead atoms. The summed E-state index contributed by atoms with van der Waals surface area (Å²) in [6.45, 7) is 0. The van der Waals surface area contributed by atoms with E-state index in [0.29, 0.717) is 22.7 Å². The van der Waals surface area contributed by atoms with Gasteiger partial charge in [0.2, 0.25) is 5.95 Å². The fourth-order valence-electron chi connectivity index (χ4n) is 2.34. The third-order valence-corrected chi connectivity index (χ3v) is 3.58. The predicted molar refractivity (Wildman–Crippen MR) is 73.9 cm³/mol. The molecule has 0 radical (unpaired) electrons. The third kappa shape index (κ3) is 2.69. The minimum absolute atomic E-state index is 0.275. The molecule has 2 aromatic heterocycles. The Hall–Kier alpha value is -1.66. The second-order valence-corrected chi connectivity index (χ2v) is 5.18. The number of nitrogens with two attached hydrogens (primary N) is 1. The van der Waals surface area contributed by atoms with Crippen LogP contribution in [0, 0.1) is 0 Å². The molecule has 1 saturated carbocycles. The van der Waals surface area contributed by atoms with Crippen molar-refractivity contribution in [1.29, 1.82) is 0 Å². The summed E-state index contributed by atoms with van der Waals surface area (Å²) >= 11 is 6.11. The average Bonchev–Trinajstić information content (AvgIpc) is 3.03. The second kappa shape index (κ2) is 5.14. The monoisotopic (exact) mass is 278 g/mol. The van der Waals surface area contributed by atoms with Gasteiger partial charge in [-0.1, -0.05) is 11.6 Å². The molecule has 1 aliphatic carbocycles. The molecule has 0 aliphatic heterocycles. The lowest BCUT2D eigenvalue weighted by Gasteiger charge is -2.13. The zero-order chi connectivity index (χ0) is 13.2. The highest BCUT2D eigenvalue weighted by Gasteiger charge is 2.22. The van der Waals surface area contributed by atoms with E-state index in [4.69, 9.17) is 17.3 Å². The number of hydrogen-bond donors (Lipinski definition) is 3. The SMILES string of the molecule is N[C@@H]1CCC(Nc2ncc(Cl)c(-c3ccn[nH]3)n2)C1. The third-order valence-electron chi connectivity index (χ3n) is 3.31. The van der Waals surface area contributed by atoms with Crippen LogP contribution in [0.25, 0.3) is 11.4 Å². The van der Waals surface area contributed by atoms with Gasteiger partial charge in [0, 0.05) is 18.3 Å². The van der Waals surface area contributed by atoms with Crippen molar-refractivity contribution < 1.29 is 0 Å². The van der Waals surface area contributed by atoms with Gasteiger partial charge in [-0.15, -0.1) is 0 Å². The molecule has 100 valence electrons. The van der Waals surface area contributed by atoms with Crippen LogP contribution in [0.4, 0.5) is 5.95 Å². The Labute approximate surface area is 115 Å². The molecular weight excluding hydrogens is 264 g/mol. The van der Waals surface area contributed by atoms with E-state index in [1.54, 1.807) is 12.4 Å². The van der Waals surface area contributed by atoms with Gasteiger partial charge in [0.15, 0.2) is 0 Å². The molecule has 0 saturated heterocycles. The summed E-state index contributed by atoms with van der Waals surface area (Å²) < 4.78 is 0. The van der Waals surface area contributed by atoms with Crippen molar-refractivity contribution in [1.82, 2.24) is 20.2 Å². The lowest BCUT2D eigenvalue weighted by atomic mass is 10.2. The molecule has 0 spiro atoms. The molecule has 7 heteroatoms. The minimum Gasteiger partial charge on any atom is -0.351 e. The van der Waals surface area contributed by atoms with Crippen LogP contribution < -0.4 is 11.1 Å². The summed E-state index contributed by atoms with van der Waals surface area (Å²) in [4.78, 5) is 8.65. The second-order valence-electron chi connectivity index (χ2n) is 4.77. The Morgan fingerprint density at radius 1 is 1.42 bits per heavy atom. The predicted octanol–water partition coefficient (Wildman–Crippen LogP) is 1.81. The number of nitrogens with zero attached hydrogens (tertiary/aromatic N) is 3. The van der Waals surface area contributed by atoms with Crippen LogP contribution in [0.2, 0.25) is 5.02 Å². The number of anilines is 1. The molecule has 2 aromatic rings. The zero-order valence-electron chi connectivity index (χ0n) is 10.3. The van der Waals surface area contributed by atoms with Crippen molar-refractivity contribution in [3.63, 3.8) is 0 Å². The van der Waals surface area contributed by atoms with Gasteiger partial charge in [0.1, 0.15) is 5.69 Å². The van der Waals surface area contributed by atoms with Gasteiger partial charge in [-0.05, 0) is 25.3 Å². The van der Waals surface area contributed by atoms with Crippen molar-refractivity contribution >= 4 is 17.5 Å². The van der Waals surface area contributed by atoms with E-state index in [2.05, 4.69) is 25.5 Å². The van der Waals surface area contributed by atoms with Gasteiger partial charge in [-0.3, -0.25) is 5.10 Å². The number of halogens is 1. The summed E-state index contributed by atoms with van der Waals surface area (Å²) in [5, 5.41) is 10.6. The molecule has 2 atom stereocenters. The normalized spacial score (nSPS) is 22.6. The molecular formula is C12H15ClN6. The van der Waals surface area contributed by atoms with Gasteiger partial charge in [0.25, 0.3) is 0 Å². The standard InChI is InChI=1S/C12H15ClN6/c13-9-6-15-12(17-8-2-1-7(14)5-8)18-11(9)10-3-4-16-19-10/h3-4,6-8H,1-2,5,14H2,(H,16,19)(H,15,17,18)/t7-,8?/m1/s1. The summed E-state index contributed by atoms with van der Waals surface area (Å²) in [5.74, 6) is 0.577. The molecule has 19 heavy (non-hydrogen) atoms. The number of nitrogens with one attached hydrogen (secondary N) is 2. The number of hydrogen-bond acceptors (Lipinski definition) is 5. The average molecular weight is 279 g/mol. The van der Waals surface area contributed by atoms with Crippen molar-refractivity contribution in [3.05, 3.63) is 23.5 Å². The first-order chi connectivity index (χ1) is 9.22. The quantitative estimate of drug-likeness (QED) is 0.796. The smallest absolute Gasteiger partial charge is 0.223 e. The van der Waals surface area contributed by atoms with Crippen LogP contribution in [0.15, 0.2) is 18.5 Å². The van der Waals surface area contributed by atoms with Crippen LogP contribution in [0.3, 0.4) is 0 Å². The fourth-order valence-corrected chi connectivity index (χ4v) is 2.54. The maximum absolute atomic E-state index is 6.11. The van der Waals surface area contributed by atoms with Gasteiger partial charge in [0.05, 0.1) is 16.9 Å². The Morgan fingerprint density at radius 2 is 2.32 bits per heavy atom. The van der Waals surface area contributed by atoms with Crippen LogP contribution in [-0.4, -0.2) is 32.2 Å². The van der Waals surface area contributed by atoms with E-state index in [0.717, 1.165) is 25.0 Å². The Morgan fingerprint density at radius 3 is 3.00 bits per heavy atom. The van der Waals surface area contributed by atoms with Crippen molar-refractivity contribution in [2.75, 3.05) is 5.32 Å². The zero-order valence-corrected chi connectivity index (χ0v) is 11.1. The largest absolute Gasteiger partial charge is 0.351 e. The number of aromatic amines is 1. The van der Waals surface area contributed by atoms with E-state index < -0.39 is 0 Å². The molecule has 0 aromatic carbocycles. The fraction of sp³-hybridized carbons (Fsp3) is 0.417. The van der Waals surface area contributed by atoms with Crippen LogP contribution >= 0.6 is 11.6 Å². The van der Waals surface area contributed by atoms with Gasteiger partial charge in [-0.2, -0.15) is 5.10 Å². The molecule has 1 fully saturated rings. The van der Waals surface area contributed by atoms with Crippen LogP contribution in [0.5, 0.6) is 0 Å². The summed E-state index contributed by atoms with van der Waals surface area (Å²) in [6.07, 6.45) is 6.30. The Balaban J connectivity index is 1.81. The van der Waals surface area contributed by atoms with E-state index >= 15 is 0 Å². The molecule has 1 aliphatic rings. The van der Waals surface area contributed by atoms with Gasteiger partial charge >= 0.3 is 0 Å². The van der Waals surface area contributed by atoms with Gasteiger partial charge in [-0.25, -0.2) is 9.97 Å². The van der Waals surface area contributed by atoms with E-state index in [1.165, 1.54) is 0 Å². The van der Waals surface area contributed by atoms with Gasteiger partial charge < -0.3 is 11.1 Å². The van der Waals surface area contributed by atoms with Crippen molar-refractivity contribution in [2.45, 2.75) is 31.3 Å². The Bertz CT molecular complexity index is 555. The first kappa shape index (κ1) is 12.4. The molecule has 4 N–H and O–H groups in total. The minimum atomic E-state index is 0.275. The maximum atomic E-state index is 6.11. The van der Waals surface area contributed by atoms with E-state index in [9.17, 15) is 0 Å². The maximum Gasteiger partial charge on any atom is 0.223 e. The highest BCUT2D eigenvalue weighted by molar-refractivity contribution is 6.32.